The number of aliphatic carboxylic acids is 1. The number of carbonyl (C=O) groups excluding carboxylic acids is 2. The Morgan fingerprint density at radius 1 is 1.00 bits per heavy atom. The number of nitrogens with one attached hydrogen (secondary N) is 2. The lowest BCUT2D eigenvalue weighted by molar-refractivity contribution is -0.139. The van der Waals surface area contributed by atoms with Crippen LogP contribution in [0.1, 0.15) is 62.5 Å². The van der Waals surface area contributed by atoms with Crippen molar-refractivity contribution in [3.63, 3.8) is 0 Å². The van der Waals surface area contributed by atoms with Crippen molar-refractivity contribution < 1.29 is 24.2 Å². The summed E-state index contributed by atoms with van der Waals surface area (Å²) < 4.78 is 5.56. The molecule has 0 bridgehead atoms. The first-order valence-corrected chi connectivity index (χ1v) is 12.0. The van der Waals surface area contributed by atoms with Crippen molar-refractivity contribution in [1.82, 2.24) is 10.6 Å². The molecular weight excluding hydrogens is 432 g/mol. The van der Waals surface area contributed by atoms with Crippen LogP contribution in [0.2, 0.25) is 0 Å². The number of hydrogen-bond acceptors (Lipinski definition) is 4. The van der Waals surface area contributed by atoms with Crippen molar-refractivity contribution in [2.45, 2.75) is 63.5 Å². The fourth-order valence-corrected chi connectivity index (χ4v) is 5.30. The molecule has 180 valence electrons. The predicted octanol–water partition coefficient (Wildman–Crippen LogP) is 4.45. The molecule has 34 heavy (non-hydrogen) atoms. The summed E-state index contributed by atoms with van der Waals surface area (Å²) in [6.45, 7) is 1.98. The van der Waals surface area contributed by atoms with Gasteiger partial charge in [0, 0.05) is 24.4 Å². The van der Waals surface area contributed by atoms with Gasteiger partial charge < -0.3 is 20.5 Å². The third kappa shape index (κ3) is 5.58. The van der Waals surface area contributed by atoms with E-state index in [0.29, 0.717) is 0 Å². The number of rotatable bonds is 8. The first kappa shape index (κ1) is 23.8. The van der Waals surface area contributed by atoms with Gasteiger partial charge in [-0.15, -0.1) is 0 Å². The van der Waals surface area contributed by atoms with Gasteiger partial charge in [0.1, 0.15) is 6.61 Å². The monoisotopic (exact) mass is 464 g/mol. The zero-order chi connectivity index (χ0) is 24.1. The Labute approximate surface area is 199 Å². The van der Waals surface area contributed by atoms with Gasteiger partial charge in [0.25, 0.3) is 0 Å². The highest BCUT2D eigenvalue weighted by atomic mass is 16.5. The van der Waals surface area contributed by atoms with E-state index in [-0.39, 0.29) is 43.2 Å². The highest BCUT2D eigenvalue weighted by molar-refractivity contribution is 5.80. The van der Waals surface area contributed by atoms with Gasteiger partial charge in [-0.1, -0.05) is 61.4 Å². The van der Waals surface area contributed by atoms with Crippen LogP contribution in [-0.2, 0) is 14.3 Å². The van der Waals surface area contributed by atoms with Gasteiger partial charge in [0.05, 0.1) is 6.42 Å². The van der Waals surface area contributed by atoms with E-state index in [0.717, 1.165) is 36.8 Å². The fraction of sp³-hybridized carbons (Fsp3) is 0.444. The lowest BCUT2D eigenvalue weighted by Crippen LogP contribution is -2.45. The minimum Gasteiger partial charge on any atom is -0.481 e. The van der Waals surface area contributed by atoms with Crippen molar-refractivity contribution in [2.24, 2.45) is 5.92 Å². The standard InChI is InChI=1S/C27H32N2O5/c1-17(14-25(30)29-24-13-7-2-8-18(24)15-26(31)32)28-27(33)34-16-23-21-11-5-3-9-19(21)20-10-4-6-12-22(20)23/h3-6,9-12,17-18,23-24H,2,7-8,13-16H2,1H3,(H,28,33)(H,29,30)(H,31,32)/t17-,18-,24-/m0/s1. The second-order valence-corrected chi connectivity index (χ2v) is 9.39. The molecular formula is C27H32N2O5. The zero-order valence-electron chi connectivity index (χ0n) is 19.5. The van der Waals surface area contributed by atoms with Crippen LogP contribution in [0.4, 0.5) is 4.79 Å². The number of benzene rings is 2. The Morgan fingerprint density at radius 3 is 2.26 bits per heavy atom. The number of carbonyl (C=O) groups is 3. The average Bonchev–Trinajstić information content (AvgIpc) is 3.12. The van der Waals surface area contributed by atoms with Crippen molar-refractivity contribution in [3.05, 3.63) is 59.7 Å². The molecule has 7 nitrogen and oxygen atoms in total. The molecule has 0 heterocycles. The normalized spacial score (nSPS) is 20.0. The number of amides is 2. The second kappa shape index (κ2) is 10.7. The van der Waals surface area contributed by atoms with Crippen molar-refractivity contribution in [2.75, 3.05) is 6.61 Å². The van der Waals surface area contributed by atoms with Crippen LogP contribution >= 0.6 is 0 Å². The third-order valence-electron chi connectivity index (χ3n) is 6.89. The van der Waals surface area contributed by atoms with E-state index in [2.05, 4.69) is 34.9 Å². The number of alkyl carbamates (subject to hydrolysis) is 1. The molecule has 1 saturated carbocycles. The Balaban J connectivity index is 1.27. The molecule has 3 atom stereocenters. The van der Waals surface area contributed by atoms with E-state index in [1.807, 2.05) is 24.3 Å². The van der Waals surface area contributed by atoms with E-state index in [1.54, 1.807) is 6.92 Å². The molecule has 7 heteroatoms. The maximum Gasteiger partial charge on any atom is 0.407 e. The number of carboxylic acids is 1. The van der Waals surface area contributed by atoms with E-state index in [9.17, 15) is 14.4 Å². The van der Waals surface area contributed by atoms with Crippen LogP contribution in [0.5, 0.6) is 0 Å². The van der Waals surface area contributed by atoms with Gasteiger partial charge in [-0.25, -0.2) is 4.79 Å². The Hall–Kier alpha value is -3.35. The van der Waals surface area contributed by atoms with Gasteiger partial charge in [-0.05, 0) is 47.9 Å². The molecule has 3 N–H and O–H groups in total. The van der Waals surface area contributed by atoms with Gasteiger partial charge in [0.2, 0.25) is 5.91 Å². The molecule has 0 unspecified atom stereocenters. The zero-order valence-corrected chi connectivity index (χ0v) is 19.5. The topological polar surface area (TPSA) is 105 Å². The van der Waals surface area contributed by atoms with Crippen LogP contribution in [0, 0.1) is 5.92 Å². The summed E-state index contributed by atoms with van der Waals surface area (Å²) in [6, 6.07) is 15.8. The molecule has 1 fully saturated rings. The predicted molar refractivity (Wildman–Crippen MR) is 128 cm³/mol. The lowest BCUT2D eigenvalue weighted by atomic mass is 9.82. The second-order valence-electron chi connectivity index (χ2n) is 9.39. The third-order valence-corrected chi connectivity index (χ3v) is 6.89. The molecule has 0 saturated heterocycles. The number of fused-ring (bicyclic) bond motifs is 3. The molecule has 2 aromatic carbocycles. The molecule has 0 spiro atoms. The van der Waals surface area contributed by atoms with E-state index >= 15 is 0 Å². The van der Waals surface area contributed by atoms with Crippen LogP contribution in [0.3, 0.4) is 0 Å². The fourth-order valence-electron chi connectivity index (χ4n) is 5.30. The minimum atomic E-state index is -0.837. The van der Waals surface area contributed by atoms with E-state index in [4.69, 9.17) is 9.84 Å². The number of ether oxygens (including phenoxy) is 1. The first-order valence-electron chi connectivity index (χ1n) is 12.0. The summed E-state index contributed by atoms with van der Waals surface area (Å²) in [6.07, 6.45) is 3.20. The summed E-state index contributed by atoms with van der Waals surface area (Å²) in [7, 11) is 0. The van der Waals surface area contributed by atoms with Crippen LogP contribution in [-0.4, -0.2) is 41.8 Å². The Bertz CT molecular complexity index is 1010. The van der Waals surface area contributed by atoms with E-state index in [1.165, 1.54) is 11.1 Å². The summed E-state index contributed by atoms with van der Waals surface area (Å²) in [5.74, 6) is -1.08. The van der Waals surface area contributed by atoms with Crippen LogP contribution < -0.4 is 10.6 Å². The van der Waals surface area contributed by atoms with Gasteiger partial charge in [-0.2, -0.15) is 0 Å². The van der Waals surface area contributed by atoms with E-state index < -0.39 is 18.1 Å². The van der Waals surface area contributed by atoms with Gasteiger partial charge in [-0.3, -0.25) is 9.59 Å². The van der Waals surface area contributed by atoms with Gasteiger partial charge >= 0.3 is 12.1 Å². The number of carboxylic acid groups (broad SMARTS) is 1. The highest BCUT2D eigenvalue weighted by Crippen LogP contribution is 2.44. The molecule has 0 aromatic heterocycles. The Morgan fingerprint density at radius 2 is 1.62 bits per heavy atom. The van der Waals surface area contributed by atoms with Crippen LogP contribution in [0.15, 0.2) is 48.5 Å². The lowest BCUT2D eigenvalue weighted by Gasteiger charge is -2.31. The SMILES string of the molecule is C[C@@H](CC(=O)N[C@H]1CCCC[C@H]1CC(=O)O)NC(=O)OCC1c2ccccc2-c2ccccc21. The highest BCUT2D eigenvalue weighted by Gasteiger charge is 2.30. The maximum atomic E-state index is 12.5. The van der Waals surface area contributed by atoms with Crippen molar-refractivity contribution in [1.29, 1.82) is 0 Å². The van der Waals surface area contributed by atoms with Crippen molar-refractivity contribution >= 4 is 18.0 Å². The smallest absolute Gasteiger partial charge is 0.407 e. The summed E-state index contributed by atoms with van der Waals surface area (Å²) in [4.78, 5) is 36.1. The molecule has 2 aliphatic carbocycles. The van der Waals surface area contributed by atoms with Crippen molar-refractivity contribution in [3.8, 4) is 11.1 Å². The maximum absolute atomic E-state index is 12.5. The molecule has 0 aliphatic heterocycles. The van der Waals surface area contributed by atoms with Crippen LogP contribution in [0.25, 0.3) is 11.1 Å². The summed E-state index contributed by atoms with van der Waals surface area (Å²) >= 11 is 0. The molecule has 2 aliphatic rings. The largest absolute Gasteiger partial charge is 0.481 e. The molecule has 0 radical (unpaired) electrons. The summed E-state index contributed by atoms with van der Waals surface area (Å²) in [5, 5.41) is 14.9. The summed E-state index contributed by atoms with van der Waals surface area (Å²) in [5.41, 5.74) is 4.63. The molecule has 4 rings (SSSR count). The molecule has 2 amide bonds. The van der Waals surface area contributed by atoms with Gasteiger partial charge in [0.15, 0.2) is 0 Å². The quantitative estimate of drug-likeness (QED) is 0.535. The number of hydrogen-bond donors (Lipinski definition) is 3. The minimum absolute atomic E-state index is 0.0192. The average molecular weight is 465 g/mol. The first-order chi connectivity index (χ1) is 16.4. The molecule has 2 aromatic rings. The Kier molecular flexibility index (Phi) is 7.50.